The molecular formula is C9H14N2O3. The van der Waals surface area contributed by atoms with E-state index in [1.54, 1.807) is 10.9 Å². The maximum atomic E-state index is 10.5. The average Bonchev–Trinajstić information content (AvgIpc) is 2.49. The first kappa shape index (κ1) is 10.7. The molecule has 0 aliphatic rings. The predicted molar refractivity (Wildman–Crippen MR) is 49.8 cm³/mol. The zero-order valence-corrected chi connectivity index (χ0v) is 8.43. The smallest absolute Gasteiger partial charge is 0.337 e. The SMILES string of the molecule is CC(C)(C)n1cc(C(O)C(=O)O)cn1. The second kappa shape index (κ2) is 3.42. The number of hydrogen-bond acceptors (Lipinski definition) is 3. The van der Waals surface area contributed by atoms with Gasteiger partial charge in [0.25, 0.3) is 0 Å². The van der Waals surface area contributed by atoms with Gasteiger partial charge in [-0.15, -0.1) is 0 Å². The second-order valence-electron chi connectivity index (χ2n) is 4.13. The van der Waals surface area contributed by atoms with Gasteiger partial charge in [-0.25, -0.2) is 4.79 Å². The number of aliphatic carboxylic acids is 1. The van der Waals surface area contributed by atoms with E-state index >= 15 is 0 Å². The third-order valence-electron chi connectivity index (χ3n) is 1.84. The van der Waals surface area contributed by atoms with Crippen molar-refractivity contribution in [1.82, 2.24) is 9.78 Å². The molecule has 1 aromatic heterocycles. The largest absolute Gasteiger partial charge is 0.479 e. The van der Waals surface area contributed by atoms with Crippen LogP contribution >= 0.6 is 0 Å². The summed E-state index contributed by atoms with van der Waals surface area (Å²) in [4.78, 5) is 10.5. The van der Waals surface area contributed by atoms with Crippen molar-refractivity contribution in [3.63, 3.8) is 0 Å². The van der Waals surface area contributed by atoms with E-state index in [2.05, 4.69) is 5.10 Å². The molecule has 1 unspecified atom stereocenters. The molecule has 1 aromatic rings. The van der Waals surface area contributed by atoms with Gasteiger partial charge in [-0.2, -0.15) is 5.10 Å². The summed E-state index contributed by atoms with van der Waals surface area (Å²) in [6.45, 7) is 5.82. The lowest BCUT2D eigenvalue weighted by molar-refractivity contribution is -0.146. The van der Waals surface area contributed by atoms with Crippen molar-refractivity contribution in [3.05, 3.63) is 18.0 Å². The Bertz CT molecular complexity index is 338. The highest BCUT2D eigenvalue weighted by Crippen LogP contribution is 2.17. The molecule has 14 heavy (non-hydrogen) atoms. The third-order valence-corrected chi connectivity index (χ3v) is 1.84. The van der Waals surface area contributed by atoms with E-state index in [0.717, 1.165) is 0 Å². The number of carbonyl (C=O) groups is 1. The van der Waals surface area contributed by atoms with Gasteiger partial charge in [0.1, 0.15) is 0 Å². The monoisotopic (exact) mass is 198 g/mol. The Labute approximate surface area is 82.0 Å². The molecule has 1 heterocycles. The van der Waals surface area contributed by atoms with Crippen LogP contribution in [0.2, 0.25) is 0 Å². The first-order chi connectivity index (χ1) is 6.32. The molecule has 78 valence electrons. The minimum absolute atomic E-state index is 0.212. The molecule has 0 bridgehead atoms. The molecule has 5 heteroatoms. The third kappa shape index (κ3) is 2.11. The maximum Gasteiger partial charge on any atom is 0.337 e. The second-order valence-corrected chi connectivity index (χ2v) is 4.13. The van der Waals surface area contributed by atoms with E-state index in [1.165, 1.54) is 6.20 Å². The fraction of sp³-hybridized carbons (Fsp3) is 0.556. The van der Waals surface area contributed by atoms with Gasteiger partial charge in [-0.3, -0.25) is 4.68 Å². The molecule has 0 saturated heterocycles. The van der Waals surface area contributed by atoms with Crippen LogP contribution in [-0.2, 0) is 10.3 Å². The van der Waals surface area contributed by atoms with Gasteiger partial charge in [0.15, 0.2) is 6.10 Å². The van der Waals surface area contributed by atoms with Crippen LogP contribution < -0.4 is 0 Å². The zero-order chi connectivity index (χ0) is 10.9. The summed E-state index contributed by atoms with van der Waals surface area (Å²) in [6, 6.07) is 0. The average molecular weight is 198 g/mol. The summed E-state index contributed by atoms with van der Waals surface area (Å²) >= 11 is 0. The lowest BCUT2D eigenvalue weighted by Crippen LogP contribution is -2.22. The van der Waals surface area contributed by atoms with Gasteiger partial charge in [0.05, 0.1) is 11.7 Å². The van der Waals surface area contributed by atoms with Crippen LogP contribution in [0.25, 0.3) is 0 Å². The van der Waals surface area contributed by atoms with Gasteiger partial charge in [0, 0.05) is 11.8 Å². The van der Waals surface area contributed by atoms with Crippen molar-refractivity contribution in [2.75, 3.05) is 0 Å². The van der Waals surface area contributed by atoms with Gasteiger partial charge < -0.3 is 10.2 Å². The number of hydrogen-bond donors (Lipinski definition) is 2. The van der Waals surface area contributed by atoms with Crippen LogP contribution in [-0.4, -0.2) is 26.0 Å². The number of aromatic nitrogens is 2. The van der Waals surface area contributed by atoms with Crippen molar-refractivity contribution in [3.8, 4) is 0 Å². The standard InChI is InChI=1S/C9H14N2O3/c1-9(2,3)11-5-6(4-10-11)7(12)8(13)14/h4-5,7,12H,1-3H3,(H,13,14). The van der Waals surface area contributed by atoms with Crippen LogP contribution in [0.15, 0.2) is 12.4 Å². The highest BCUT2D eigenvalue weighted by Gasteiger charge is 2.20. The number of carboxylic acid groups (broad SMARTS) is 1. The molecule has 5 nitrogen and oxygen atoms in total. The Morgan fingerprint density at radius 3 is 2.50 bits per heavy atom. The van der Waals surface area contributed by atoms with Gasteiger partial charge in [-0.05, 0) is 20.8 Å². The Hall–Kier alpha value is -1.36. The molecule has 2 N–H and O–H groups in total. The summed E-state index contributed by atoms with van der Waals surface area (Å²) in [5, 5.41) is 21.8. The van der Waals surface area contributed by atoms with E-state index < -0.39 is 12.1 Å². The quantitative estimate of drug-likeness (QED) is 0.735. The minimum atomic E-state index is -1.49. The lowest BCUT2D eigenvalue weighted by Gasteiger charge is -2.18. The van der Waals surface area contributed by atoms with E-state index in [1.807, 2.05) is 20.8 Å². The Kier molecular flexibility index (Phi) is 2.62. The molecular weight excluding hydrogens is 184 g/mol. The molecule has 0 aliphatic carbocycles. The summed E-state index contributed by atoms with van der Waals surface area (Å²) in [5.41, 5.74) is 0.0867. The summed E-state index contributed by atoms with van der Waals surface area (Å²) in [6.07, 6.45) is 1.41. The van der Waals surface area contributed by atoms with Crippen LogP contribution in [0.4, 0.5) is 0 Å². The highest BCUT2D eigenvalue weighted by atomic mass is 16.4. The fourth-order valence-corrected chi connectivity index (χ4v) is 0.987. The molecule has 0 aliphatic heterocycles. The first-order valence-corrected chi connectivity index (χ1v) is 4.28. The predicted octanol–water partition coefficient (Wildman–Crippen LogP) is 0.756. The van der Waals surface area contributed by atoms with Crippen molar-refractivity contribution >= 4 is 5.97 Å². The molecule has 0 aromatic carbocycles. The molecule has 1 atom stereocenters. The molecule has 0 saturated carbocycles. The number of nitrogens with zero attached hydrogens (tertiary/aromatic N) is 2. The van der Waals surface area contributed by atoms with Gasteiger partial charge in [-0.1, -0.05) is 0 Å². The first-order valence-electron chi connectivity index (χ1n) is 4.28. The number of aliphatic hydroxyl groups excluding tert-OH is 1. The Morgan fingerprint density at radius 1 is 1.57 bits per heavy atom. The zero-order valence-electron chi connectivity index (χ0n) is 8.43. The lowest BCUT2D eigenvalue weighted by atomic mass is 10.1. The van der Waals surface area contributed by atoms with Crippen LogP contribution in [0.3, 0.4) is 0 Å². The molecule has 0 spiro atoms. The van der Waals surface area contributed by atoms with Crippen molar-refractivity contribution in [2.45, 2.75) is 32.4 Å². The molecule has 0 radical (unpaired) electrons. The van der Waals surface area contributed by atoms with Gasteiger partial charge >= 0.3 is 5.97 Å². The van der Waals surface area contributed by atoms with E-state index in [4.69, 9.17) is 5.11 Å². The highest BCUT2D eigenvalue weighted by molar-refractivity contribution is 5.73. The van der Waals surface area contributed by atoms with E-state index in [9.17, 15) is 9.90 Å². The van der Waals surface area contributed by atoms with E-state index in [0.29, 0.717) is 5.56 Å². The number of rotatable bonds is 2. The molecule has 0 fully saturated rings. The summed E-state index contributed by atoms with van der Waals surface area (Å²) in [7, 11) is 0. The minimum Gasteiger partial charge on any atom is -0.479 e. The van der Waals surface area contributed by atoms with E-state index in [-0.39, 0.29) is 5.54 Å². The summed E-state index contributed by atoms with van der Waals surface area (Å²) < 4.78 is 1.62. The molecule has 1 rings (SSSR count). The van der Waals surface area contributed by atoms with Crippen LogP contribution in [0.1, 0.15) is 32.4 Å². The summed E-state index contributed by atoms with van der Waals surface area (Å²) in [5.74, 6) is -1.27. The van der Waals surface area contributed by atoms with Crippen molar-refractivity contribution < 1.29 is 15.0 Å². The Balaban J connectivity index is 2.94. The topological polar surface area (TPSA) is 75.4 Å². The number of aliphatic hydroxyl groups is 1. The van der Waals surface area contributed by atoms with Crippen molar-refractivity contribution in [1.29, 1.82) is 0 Å². The normalized spacial score (nSPS) is 14.0. The van der Waals surface area contributed by atoms with Gasteiger partial charge in [0.2, 0.25) is 0 Å². The Morgan fingerprint density at radius 2 is 2.14 bits per heavy atom. The van der Waals surface area contributed by atoms with Crippen LogP contribution in [0.5, 0.6) is 0 Å². The fourth-order valence-electron chi connectivity index (χ4n) is 0.987. The number of carboxylic acids is 1. The molecule has 0 amide bonds. The maximum absolute atomic E-state index is 10.5. The van der Waals surface area contributed by atoms with Crippen molar-refractivity contribution in [2.24, 2.45) is 0 Å². The van der Waals surface area contributed by atoms with Crippen LogP contribution in [0, 0.1) is 0 Å².